The van der Waals surface area contributed by atoms with E-state index in [0.29, 0.717) is 47.9 Å². The molecule has 0 aliphatic carbocycles. The van der Waals surface area contributed by atoms with Crippen molar-refractivity contribution < 1.29 is 27.2 Å². The van der Waals surface area contributed by atoms with Crippen molar-refractivity contribution in [1.29, 1.82) is 0 Å². The molecule has 2 aromatic heterocycles. The second kappa shape index (κ2) is 10.0. The molecular formula is C24H24F3N3O3S. The Morgan fingerprint density at radius 3 is 2.56 bits per heavy atom. The number of hydrogen-bond donors (Lipinski definition) is 2. The predicted octanol–water partition coefficient (Wildman–Crippen LogP) is 5.32. The van der Waals surface area contributed by atoms with Crippen LogP contribution >= 0.6 is 11.3 Å². The molecule has 1 aromatic carbocycles. The fraction of sp³-hybridized carbons (Fsp3) is 0.333. The van der Waals surface area contributed by atoms with Crippen LogP contribution in [0.1, 0.15) is 49.8 Å². The highest BCUT2D eigenvalue weighted by Crippen LogP contribution is 2.30. The van der Waals surface area contributed by atoms with Crippen LogP contribution in [0.3, 0.4) is 0 Å². The van der Waals surface area contributed by atoms with Gasteiger partial charge in [0, 0.05) is 25.7 Å². The van der Waals surface area contributed by atoms with E-state index in [1.807, 2.05) is 6.92 Å². The van der Waals surface area contributed by atoms with Crippen molar-refractivity contribution in [3.05, 3.63) is 76.1 Å². The molecule has 180 valence electrons. The van der Waals surface area contributed by atoms with Crippen molar-refractivity contribution in [3.63, 3.8) is 0 Å². The Bertz CT molecular complexity index is 1150. The molecule has 0 atom stereocenters. The lowest BCUT2D eigenvalue weighted by molar-refractivity contribution is -0.137. The Balaban J connectivity index is 1.28. The average molecular weight is 492 g/mol. The quantitative estimate of drug-likeness (QED) is 0.490. The number of carbonyl (C=O) groups is 2. The van der Waals surface area contributed by atoms with Gasteiger partial charge in [-0.3, -0.25) is 14.5 Å². The van der Waals surface area contributed by atoms with Crippen LogP contribution in [0.2, 0.25) is 0 Å². The summed E-state index contributed by atoms with van der Waals surface area (Å²) in [7, 11) is 0. The molecule has 10 heteroatoms. The lowest BCUT2D eigenvalue weighted by Gasteiger charge is -2.32. The fourth-order valence-corrected chi connectivity index (χ4v) is 4.91. The third-order valence-corrected chi connectivity index (χ3v) is 6.84. The van der Waals surface area contributed by atoms with E-state index in [9.17, 15) is 22.8 Å². The maximum Gasteiger partial charge on any atom is 0.416 e. The summed E-state index contributed by atoms with van der Waals surface area (Å²) in [6, 6.07) is 10.3. The number of thiophene rings is 1. The summed E-state index contributed by atoms with van der Waals surface area (Å²) in [5.41, 5.74) is 0.744. The molecule has 4 rings (SSSR count). The number of likely N-dealkylation sites (tertiary alicyclic amines) is 1. The van der Waals surface area contributed by atoms with Crippen molar-refractivity contribution in [2.75, 3.05) is 18.4 Å². The minimum absolute atomic E-state index is 0.0204. The van der Waals surface area contributed by atoms with Crippen molar-refractivity contribution >= 4 is 28.2 Å². The van der Waals surface area contributed by atoms with Gasteiger partial charge in [0.1, 0.15) is 0 Å². The lowest BCUT2D eigenvalue weighted by Crippen LogP contribution is -2.44. The van der Waals surface area contributed by atoms with E-state index in [-0.39, 0.29) is 23.6 Å². The molecule has 34 heavy (non-hydrogen) atoms. The van der Waals surface area contributed by atoms with Crippen LogP contribution in [0.5, 0.6) is 0 Å². The summed E-state index contributed by atoms with van der Waals surface area (Å²) in [6.07, 6.45) is -1.53. The largest absolute Gasteiger partial charge is 0.459 e. The van der Waals surface area contributed by atoms with E-state index in [2.05, 4.69) is 15.5 Å². The summed E-state index contributed by atoms with van der Waals surface area (Å²) >= 11 is 1.20. The van der Waals surface area contributed by atoms with Crippen LogP contribution in [0.4, 0.5) is 18.2 Å². The molecule has 2 amide bonds. The minimum atomic E-state index is -4.35. The molecular weight excluding hydrogens is 467 g/mol. The van der Waals surface area contributed by atoms with E-state index in [1.165, 1.54) is 29.7 Å². The first kappa shape index (κ1) is 24.0. The first-order valence-corrected chi connectivity index (χ1v) is 11.7. The van der Waals surface area contributed by atoms with Crippen LogP contribution in [-0.4, -0.2) is 35.8 Å². The summed E-state index contributed by atoms with van der Waals surface area (Å²) in [4.78, 5) is 27.6. The number of halogens is 3. The maximum absolute atomic E-state index is 12.9. The third kappa shape index (κ3) is 5.87. The van der Waals surface area contributed by atoms with Crippen LogP contribution < -0.4 is 10.6 Å². The number of rotatable bonds is 6. The average Bonchev–Trinajstić information content (AvgIpc) is 3.45. The van der Waals surface area contributed by atoms with Crippen LogP contribution in [0.15, 0.2) is 53.1 Å². The number of alkyl halides is 3. The van der Waals surface area contributed by atoms with E-state index in [4.69, 9.17) is 4.42 Å². The smallest absolute Gasteiger partial charge is 0.416 e. The molecule has 1 aliphatic heterocycles. The molecule has 1 aliphatic rings. The molecule has 0 saturated carbocycles. The van der Waals surface area contributed by atoms with E-state index < -0.39 is 11.7 Å². The van der Waals surface area contributed by atoms with Crippen molar-refractivity contribution in [2.45, 2.75) is 38.5 Å². The highest BCUT2D eigenvalue weighted by Gasteiger charge is 2.30. The summed E-state index contributed by atoms with van der Waals surface area (Å²) in [5.74, 6) is -0.391. The Morgan fingerprint density at radius 1 is 1.12 bits per heavy atom. The third-order valence-electron chi connectivity index (χ3n) is 5.69. The van der Waals surface area contributed by atoms with E-state index >= 15 is 0 Å². The maximum atomic E-state index is 12.9. The number of anilines is 1. The molecule has 0 unspecified atom stereocenters. The normalized spacial score (nSPS) is 15.3. The summed E-state index contributed by atoms with van der Waals surface area (Å²) in [5, 5.41) is 6.34. The molecule has 0 spiro atoms. The molecule has 0 bridgehead atoms. The lowest BCUT2D eigenvalue weighted by atomic mass is 10.0. The number of nitrogens with one attached hydrogen (secondary N) is 2. The topological polar surface area (TPSA) is 74.6 Å². The van der Waals surface area contributed by atoms with Crippen LogP contribution in [0, 0.1) is 6.92 Å². The highest BCUT2D eigenvalue weighted by molar-refractivity contribution is 7.18. The number of aryl methyl sites for hydroxylation is 1. The zero-order chi connectivity index (χ0) is 24.3. The van der Waals surface area contributed by atoms with E-state index in [0.717, 1.165) is 11.6 Å². The van der Waals surface area contributed by atoms with Crippen LogP contribution in [-0.2, 0) is 12.7 Å². The fourth-order valence-electron chi connectivity index (χ4n) is 3.94. The summed E-state index contributed by atoms with van der Waals surface area (Å²) in [6.45, 7) is 3.60. The van der Waals surface area contributed by atoms with Gasteiger partial charge in [-0.2, -0.15) is 13.2 Å². The van der Waals surface area contributed by atoms with Gasteiger partial charge in [-0.25, -0.2) is 0 Å². The molecule has 0 radical (unpaired) electrons. The number of piperidine rings is 1. The molecule has 2 N–H and O–H groups in total. The zero-order valence-corrected chi connectivity index (χ0v) is 19.3. The van der Waals surface area contributed by atoms with Crippen LogP contribution in [0.25, 0.3) is 0 Å². The van der Waals surface area contributed by atoms with Gasteiger partial charge in [-0.15, -0.1) is 11.3 Å². The number of hydrogen-bond acceptors (Lipinski definition) is 5. The van der Waals surface area contributed by atoms with E-state index in [1.54, 1.807) is 24.3 Å². The first-order valence-electron chi connectivity index (χ1n) is 10.8. The van der Waals surface area contributed by atoms with Gasteiger partial charge in [0.15, 0.2) is 5.76 Å². The SMILES string of the molecule is Cc1cc(NC(=O)c2ccco2)sc1C(=O)NC1CCN(Cc2cccc(C(F)(F)F)c2)CC1. The van der Waals surface area contributed by atoms with Gasteiger partial charge in [0.2, 0.25) is 0 Å². The highest BCUT2D eigenvalue weighted by atomic mass is 32.1. The molecule has 3 heterocycles. The minimum Gasteiger partial charge on any atom is -0.459 e. The number of nitrogens with zero attached hydrogens (tertiary/aromatic N) is 1. The van der Waals surface area contributed by atoms with Gasteiger partial charge in [0.25, 0.3) is 11.8 Å². The summed E-state index contributed by atoms with van der Waals surface area (Å²) < 4.78 is 43.9. The van der Waals surface area contributed by atoms with Crippen molar-refractivity contribution in [3.8, 4) is 0 Å². The van der Waals surface area contributed by atoms with Gasteiger partial charge in [-0.05, 0) is 55.2 Å². The standard InChI is InChI=1S/C24H24F3N3O3S/c1-15-12-20(29-22(31)19-6-3-11-33-19)34-21(15)23(32)28-18-7-9-30(10-8-18)14-16-4-2-5-17(13-16)24(25,26)27/h2-6,11-13,18H,7-10,14H2,1H3,(H,28,32)(H,29,31). The van der Waals surface area contributed by atoms with Crippen molar-refractivity contribution in [1.82, 2.24) is 10.2 Å². The molecule has 1 fully saturated rings. The van der Waals surface area contributed by atoms with Gasteiger partial charge < -0.3 is 15.1 Å². The van der Waals surface area contributed by atoms with Gasteiger partial charge >= 0.3 is 6.18 Å². The number of benzene rings is 1. The van der Waals surface area contributed by atoms with Crippen molar-refractivity contribution in [2.24, 2.45) is 0 Å². The monoisotopic (exact) mass is 491 g/mol. The Kier molecular flexibility index (Phi) is 7.08. The Morgan fingerprint density at radius 2 is 1.88 bits per heavy atom. The molecule has 3 aromatic rings. The molecule has 6 nitrogen and oxygen atoms in total. The second-order valence-corrected chi connectivity index (χ2v) is 9.33. The van der Waals surface area contributed by atoms with Gasteiger partial charge in [0.05, 0.1) is 21.7 Å². The Hall–Kier alpha value is -3.11. The number of carbonyl (C=O) groups excluding carboxylic acids is 2. The predicted molar refractivity (Wildman–Crippen MR) is 123 cm³/mol. The zero-order valence-electron chi connectivity index (χ0n) is 18.4. The number of furan rings is 1. The molecule has 1 saturated heterocycles. The van der Waals surface area contributed by atoms with Gasteiger partial charge in [-0.1, -0.05) is 18.2 Å². The Labute approximate surface area is 198 Å². The number of amides is 2. The second-order valence-electron chi connectivity index (χ2n) is 8.28. The first-order chi connectivity index (χ1) is 16.2.